The zero-order chi connectivity index (χ0) is 32.0. The van der Waals surface area contributed by atoms with E-state index in [1.54, 1.807) is 0 Å². The molecular formula is C35H59O8P. The molecule has 0 amide bonds. The van der Waals surface area contributed by atoms with Crippen molar-refractivity contribution in [2.24, 2.45) is 58.2 Å². The van der Waals surface area contributed by atoms with Gasteiger partial charge in [-0.1, -0.05) is 54.4 Å². The molecule has 0 aromatic rings. The Kier molecular flexibility index (Phi) is 10.4. The maximum Gasteiger partial charge on any atom is 0.527 e. The van der Waals surface area contributed by atoms with Crippen molar-refractivity contribution in [3.05, 3.63) is 11.8 Å². The van der Waals surface area contributed by atoms with Gasteiger partial charge in [-0.3, -0.25) is 9.42 Å². The summed E-state index contributed by atoms with van der Waals surface area (Å²) < 4.78 is 28.6. The fourth-order valence-corrected chi connectivity index (χ4v) is 12.1. The average Bonchev–Trinajstić information content (AvgIpc) is 3.51. The second kappa shape index (κ2) is 13.3. The molecule has 1 aliphatic heterocycles. The van der Waals surface area contributed by atoms with Gasteiger partial charge in [0, 0.05) is 6.08 Å². The van der Waals surface area contributed by atoms with Crippen LogP contribution < -0.4 is 0 Å². The highest BCUT2D eigenvalue weighted by Crippen LogP contribution is 2.69. The highest BCUT2D eigenvalue weighted by molar-refractivity contribution is 7.47. The zero-order valence-electron chi connectivity index (χ0n) is 28.0. The molecule has 0 spiro atoms. The molecule has 3 N–H and O–H groups in total. The van der Waals surface area contributed by atoms with E-state index in [1.165, 1.54) is 51.4 Å². The summed E-state index contributed by atoms with van der Waals surface area (Å²) in [6, 6.07) is 0. The van der Waals surface area contributed by atoms with E-state index >= 15 is 0 Å². The van der Waals surface area contributed by atoms with E-state index in [2.05, 4.69) is 41.5 Å². The average molecular weight is 639 g/mol. The highest BCUT2D eigenvalue weighted by atomic mass is 31.2. The van der Waals surface area contributed by atoms with Crippen LogP contribution in [0.4, 0.5) is 0 Å². The molecule has 5 aliphatic rings. The lowest BCUT2D eigenvalue weighted by atomic mass is 9.44. The van der Waals surface area contributed by atoms with Crippen molar-refractivity contribution in [2.75, 3.05) is 6.61 Å². The number of carbonyl (C=O) groups excluding carboxylic acids is 1. The van der Waals surface area contributed by atoms with Crippen molar-refractivity contribution < 1.29 is 38.3 Å². The molecule has 44 heavy (non-hydrogen) atoms. The number of hydrogen-bond donors (Lipinski definition) is 3. The lowest BCUT2D eigenvalue weighted by Gasteiger charge is -2.61. The summed E-state index contributed by atoms with van der Waals surface area (Å²) in [5, 5.41) is 18.9. The molecule has 0 saturated heterocycles. The van der Waals surface area contributed by atoms with Crippen LogP contribution >= 0.6 is 7.82 Å². The maximum atomic E-state index is 12.9. The van der Waals surface area contributed by atoms with Gasteiger partial charge in [0.25, 0.3) is 0 Å². The lowest BCUT2D eigenvalue weighted by Crippen LogP contribution is -2.54. The molecule has 13 atom stereocenters. The molecule has 0 bridgehead atoms. The fourth-order valence-electron chi connectivity index (χ4n) is 11.1. The maximum absolute atomic E-state index is 12.9. The number of esters is 1. The van der Waals surface area contributed by atoms with E-state index in [0.717, 1.165) is 60.8 Å². The molecule has 0 aromatic carbocycles. The van der Waals surface area contributed by atoms with Crippen LogP contribution in [0.2, 0.25) is 0 Å². The Morgan fingerprint density at radius 2 is 1.73 bits per heavy atom. The zero-order valence-corrected chi connectivity index (χ0v) is 28.8. The smallest absolute Gasteiger partial charge is 0.449 e. The molecule has 4 saturated carbocycles. The number of hydrogen-bond acceptors (Lipinski definition) is 7. The van der Waals surface area contributed by atoms with Crippen LogP contribution in [0.5, 0.6) is 0 Å². The molecule has 8 nitrogen and oxygen atoms in total. The second-order valence-corrected chi connectivity index (χ2v) is 17.4. The van der Waals surface area contributed by atoms with Gasteiger partial charge in [0.05, 0.1) is 12.7 Å². The molecule has 9 heteroatoms. The SMILES string of the molecule is CCC(CCC(C)C1CCC2C3CCC4CC(OP(=O)(O)OC5=CC(C(O)CO)OC5=O)CCC4(C)C3CCC12C)C(C)C. The van der Waals surface area contributed by atoms with E-state index in [4.69, 9.17) is 18.9 Å². The molecular weight excluding hydrogens is 579 g/mol. The van der Waals surface area contributed by atoms with E-state index in [9.17, 15) is 19.4 Å². The number of aliphatic hydroxyl groups is 2. The fraction of sp³-hybridized carbons (Fsp3) is 0.914. The summed E-state index contributed by atoms with van der Waals surface area (Å²) in [5.74, 6) is 4.54. The first-order valence-electron chi connectivity index (χ1n) is 17.6. The lowest BCUT2D eigenvalue weighted by molar-refractivity contribution is -0.146. The van der Waals surface area contributed by atoms with Gasteiger partial charge in [-0.15, -0.1) is 0 Å². The molecule has 0 radical (unpaired) electrons. The first-order chi connectivity index (χ1) is 20.7. The molecule has 252 valence electrons. The molecule has 4 fully saturated rings. The van der Waals surface area contributed by atoms with Crippen LogP contribution in [0.1, 0.15) is 119 Å². The second-order valence-electron chi connectivity index (χ2n) is 16.1. The number of phosphoric acid groups is 1. The van der Waals surface area contributed by atoms with Crippen molar-refractivity contribution in [1.82, 2.24) is 0 Å². The summed E-state index contributed by atoms with van der Waals surface area (Å²) in [6.45, 7) is 14.2. The van der Waals surface area contributed by atoms with Gasteiger partial charge in [0.2, 0.25) is 5.76 Å². The van der Waals surface area contributed by atoms with Gasteiger partial charge in [-0.05, 0) is 122 Å². The first kappa shape index (κ1) is 34.4. The van der Waals surface area contributed by atoms with Crippen LogP contribution in [-0.4, -0.2) is 46.0 Å². The van der Waals surface area contributed by atoms with E-state index in [-0.39, 0.29) is 5.41 Å². The summed E-state index contributed by atoms with van der Waals surface area (Å²) >= 11 is 0. The number of phosphoric ester groups is 1. The molecule has 13 unspecified atom stereocenters. The van der Waals surface area contributed by atoms with E-state index in [0.29, 0.717) is 23.7 Å². The highest BCUT2D eigenvalue weighted by Gasteiger charge is 2.61. The van der Waals surface area contributed by atoms with Crippen LogP contribution in [0, 0.1) is 58.2 Å². The minimum absolute atomic E-state index is 0.213. The quantitative estimate of drug-likeness (QED) is 0.149. The molecule has 4 aliphatic carbocycles. The number of carbonyl (C=O) groups is 1. The summed E-state index contributed by atoms with van der Waals surface area (Å²) in [6.07, 6.45) is 12.4. The topological polar surface area (TPSA) is 123 Å². The third-order valence-corrected chi connectivity index (χ3v) is 14.7. The Labute approximate surface area is 265 Å². The first-order valence-corrected chi connectivity index (χ1v) is 19.1. The van der Waals surface area contributed by atoms with Gasteiger partial charge < -0.3 is 19.5 Å². The van der Waals surface area contributed by atoms with Gasteiger partial charge in [0.15, 0.2) is 6.10 Å². The normalized spacial score (nSPS) is 41.9. The number of fused-ring (bicyclic) bond motifs is 5. The predicted molar refractivity (Wildman–Crippen MR) is 169 cm³/mol. The van der Waals surface area contributed by atoms with Crippen molar-refractivity contribution in [3.63, 3.8) is 0 Å². The van der Waals surface area contributed by atoms with Crippen molar-refractivity contribution >= 4 is 13.8 Å². The summed E-state index contributed by atoms with van der Waals surface area (Å²) in [4.78, 5) is 22.6. The van der Waals surface area contributed by atoms with Crippen LogP contribution in [0.25, 0.3) is 0 Å². The Morgan fingerprint density at radius 3 is 2.41 bits per heavy atom. The Morgan fingerprint density at radius 1 is 1.02 bits per heavy atom. The number of rotatable bonds is 12. The van der Waals surface area contributed by atoms with Gasteiger partial charge >= 0.3 is 13.8 Å². The van der Waals surface area contributed by atoms with Gasteiger partial charge in [-0.2, -0.15) is 0 Å². The summed E-state index contributed by atoms with van der Waals surface area (Å²) in [7, 11) is -4.58. The third kappa shape index (κ3) is 6.59. The number of ether oxygens (including phenoxy) is 1. The molecule has 5 rings (SSSR count). The Balaban J connectivity index is 1.19. The van der Waals surface area contributed by atoms with Crippen LogP contribution in [0.15, 0.2) is 11.8 Å². The largest absolute Gasteiger partial charge is 0.527 e. The van der Waals surface area contributed by atoms with Crippen LogP contribution in [-0.2, 0) is 23.1 Å². The van der Waals surface area contributed by atoms with Crippen molar-refractivity contribution in [1.29, 1.82) is 0 Å². The monoisotopic (exact) mass is 638 g/mol. The summed E-state index contributed by atoms with van der Waals surface area (Å²) in [5.41, 5.74) is 0.665. The standard InChI is InChI=1S/C35H59O8P/c1-7-23(21(2)3)9-8-22(4)27-12-13-28-26-11-10-24-18-25(14-16-34(24,5)29(26)15-17-35(27,28)6)42-44(39,40)43-32-19-31(30(37)20-36)41-33(32)38/h19,21-31,36-37H,7-18,20H2,1-6H3,(H,39,40). The van der Waals surface area contributed by atoms with Crippen LogP contribution in [0.3, 0.4) is 0 Å². The van der Waals surface area contributed by atoms with E-state index in [1.807, 2.05) is 0 Å². The van der Waals surface area contributed by atoms with Gasteiger partial charge in [-0.25, -0.2) is 9.36 Å². The number of cyclic esters (lactones) is 1. The van der Waals surface area contributed by atoms with E-state index < -0.39 is 44.5 Å². The minimum Gasteiger partial charge on any atom is -0.449 e. The number of aliphatic hydroxyl groups excluding tert-OH is 2. The predicted octanol–water partition coefficient (Wildman–Crippen LogP) is 7.41. The Hall–Kier alpha value is -0.920. The minimum atomic E-state index is -4.58. The van der Waals surface area contributed by atoms with Crippen molar-refractivity contribution in [2.45, 2.75) is 137 Å². The van der Waals surface area contributed by atoms with Crippen molar-refractivity contribution in [3.8, 4) is 0 Å². The molecule has 0 aromatic heterocycles. The third-order valence-electron chi connectivity index (χ3n) is 13.7. The van der Waals surface area contributed by atoms with Gasteiger partial charge in [0.1, 0.15) is 6.10 Å². The Bertz CT molecular complexity index is 1110. The molecule has 1 heterocycles.